The molecule has 0 N–H and O–H groups in total. The number of allylic oxidation sites excluding steroid dienone is 1. The van der Waals surface area contributed by atoms with Crippen molar-refractivity contribution in [1.82, 2.24) is 10.2 Å². The summed E-state index contributed by atoms with van der Waals surface area (Å²) in [5.74, 6) is 2.36. The van der Waals surface area contributed by atoms with E-state index in [-0.39, 0.29) is 0 Å². The van der Waals surface area contributed by atoms with Gasteiger partial charge >= 0.3 is 0 Å². The second-order valence-electron chi connectivity index (χ2n) is 7.49. The van der Waals surface area contributed by atoms with E-state index >= 15 is 0 Å². The van der Waals surface area contributed by atoms with Crippen LogP contribution < -0.4 is 14.2 Å². The summed E-state index contributed by atoms with van der Waals surface area (Å²) < 4.78 is 17.4. The number of aryl methyl sites for hydroxylation is 2. The van der Waals surface area contributed by atoms with Crippen LogP contribution in [0.2, 0.25) is 0 Å². The van der Waals surface area contributed by atoms with Gasteiger partial charge in [-0.2, -0.15) is 0 Å². The Balaban J connectivity index is 1.62. The summed E-state index contributed by atoms with van der Waals surface area (Å²) in [5.41, 5.74) is 3.54. The molecular formula is C25H35N3O4. The molecule has 1 aromatic carbocycles. The van der Waals surface area contributed by atoms with Gasteiger partial charge in [0.2, 0.25) is 5.88 Å². The van der Waals surface area contributed by atoms with Crippen molar-refractivity contribution in [3.63, 3.8) is 0 Å². The van der Waals surface area contributed by atoms with Gasteiger partial charge in [0.25, 0.3) is 0 Å². The molecule has 0 radical (unpaired) electrons. The molecule has 1 heterocycles. The average molecular weight is 442 g/mol. The van der Waals surface area contributed by atoms with Crippen LogP contribution in [0.4, 0.5) is 0 Å². The maximum atomic E-state index is 6.03. The smallest absolute Gasteiger partial charge is 0.233 e. The number of oxime groups is 1. The highest BCUT2D eigenvalue weighted by Crippen LogP contribution is 2.28. The highest BCUT2D eigenvalue weighted by atomic mass is 16.6. The van der Waals surface area contributed by atoms with E-state index in [1.54, 1.807) is 6.07 Å². The predicted molar refractivity (Wildman–Crippen MR) is 127 cm³/mol. The molecule has 32 heavy (non-hydrogen) atoms. The third-order valence-corrected chi connectivity index (χ3v) is 4.79. The van der Waals surface area contributed by atoms with Crippen LogP contribution in [0.3, 0.4) is 0 Å². The molecular weight excluding hydrogens is 406 g/mol. The number of rotatable bonds is 14. The lowest BCUT2D eigenvalue weighted by molar-refractivity contribution is 0.213. The van der Waals surface area contributed by atoms with Gasteiger partial charge in [0.1, 0.15) is 36.6 Å². The monoisotopic (exact) mass is 441 g/mol. The summed E-state index contributed by atoms with van der Waals surface area (Å²) in [4.78, 5) is 4.74. The van der Waals surface area contributed by atoms with Crippen molar-refractivity contribution in [3.05, 3.63) is 53.2 Å². The van der Waals surface area contributed by atoms with Gasteiger partial charge in [-0.25, -0.2) is 0 Å². The van der Waals surface area contributed by atoms with Crippen molar-refractivity contribution >= 4 is 5.71 Å². The van der Waals surface area contributed by atoms with Gasteiger partial charge in [0.15, 0.2) is 0 Å². The van der Waals surface area contributed by atoms with Gasteiger partial charge in [-0.15, -0.1) is 10.2 Å². The second-order valence-corrected chi connectivity index (χ2v) is 7.49. The fraction of sp³-hybridized carbons (Fsp3) is 0.480. The van der Waals surface area contributed by atoms with Crippen LogP contribution in [-0.4, -0.2) is 42.8 Å². The van der Waals surface area contributed by atoms with Gasteiger partial charge in [-0.3, -0.25) is 0 Å². The van der Waals surface area contributed by atoms with Crippen molar-refractivity contribution in [2.75, 3.05) is 26.9 Å². The minimum Gasteiger partial charge on any atom is -0.493 e. The number of aromatic nitrogens is 2. The zero-order valence-electron chi connectivity index (χ0n) is 19.9. The van der Waals surface area contributed by atoms with Crippen molar-refractivity contribution in [2.24, 2.45) is 5.16 Å². The Kier molecular flexibility index (Phi) is 11.1. The number of nitrogens with zero attached hydrogens (tertiary/aromatic N) is 3. The molecule has 7 nitrogen and oxygen atoms in total. The molecule has 0 aliphatic rings. The summed E-state index contributed by atoms with van der Waals surface area (Å²) in [5, 5.41) is 12.0. The summed E-state index contributed by atoms with van der Waals surface area (Å²) in [6, 6.07) is 7.68. The van der Waals surface area contributed by atoms with E-state index in [0.717, 1.165) is 48.3 Å². The van der Waals surface area contributed by atoms with Gasteiger partial charge < -0.3 is 19.0 Å². The fourth-order valence-electron chi connectivity index (χ4n) is 3.14. The highest BCUT2D eigenvalue weighted by Gasteiger charge is 2.07. The van der Waals surface area contributed by atoms with E-state index in [2.05, 4.69) is 29.2 Å². The van der Waals surface area contributed by atoms with E-state index in [0.29, 0.717) is 37.1 Å². The number of benzene rings is 1. The molecule has 2 aromatic rings. The maximum Gasteiger partial charge on any atom is 0.233 e. The molecule has 7 heteroatoms. The molecule has 0 unspecified atom stereocenters. The average Bonchev–Trinajstić information content (AvgIpc) is 2.78. The Morgan fingerprint density at radius 2 is 1.62 bits per heavy atom. The molecule has 0 atom stereocenters. The standard InChI is InChI=1S/C25H35N3O4/c1-6-7-14-30-22-17-19(2)25(20(3)18-22)32-16-11-9-8-10-15-31-24-13-12-23(26-27-24)21(4)28-29-5/h6-7,12-13,17-18H,8-11,14-16H2,1-5H3/b7-6+,28-21?. The van der Waals surface area contributed by atoms with Crippen LogP contribution >= 0.6 is 0 Å². The van der Waals surface area contributed by atoms with E-state index in [4.69, 9.17) is 19.0 Å². The molecule has 0 spiro atoms. The summed E-state index contributed by atoms with van der Waals surface area (Å²) in [6.07, 6.45) is 8.10. The van der Waals surface area contributed by atoms with Gasteiger partial charge in [-0.05, 0) is 82.7 Å². The zero-order valence-corrected chi connectivity index (χ0v) is 19.9. The number of unbranched alkanes of at least 4 members (excludes halogenated alkanes) is 3. The van der Waals surface area contributed by atoms with Gasteiger partial charge in [-0.1, -0.05) is 17.3 Å². The quantitative estimate of drug-likeness (QED) is 0.168. The second kappa shape index (κ2) is 14.1. The molecule has 2 rings (SSSR count). The highest BCUT2D eigenvalue weighted by molar-refractivity contribution is 5.96. The summed E-state index contributed by atoms with van der Waals surface area (Å²) >= 11 is 0. The largest absolute Gasteiger partial charge is 0.493 e. The molecule has 0 saturated heterocycles. The molecule has 0 saturated carbocycles. The van der Waals surface area contributed by atoms with Gasteiger partial charge in [0, 0.05) is 6.07 Å². The van der Waals surface area contributed by atoms with Crippen LogP contribution in [0.15, 0.2) is 41.6 Å². The number of hydrogen-bond acceptors (Lipinski definition) is 7. The molecule has 0 fully saturated rings. The molecule has 0 aliphatic carbocycles. The van der Waals surface area contributed by atoms with E-state index < -0.39 is 0 Å². The Morgan fingerprint density at radius 3 is 2.22 bits per heavy atom. The zero-order chi connectivity index (χ0) is 23.2. The minimum absolute atomic E-state index is 0.520. The molecule has 0 aliphatic heterocycles. The Hall–Kier alpha value is -3.09. The van der Waals surface area contributed by atoms with E-state index in [9.17, 15) is 0 Å². The molecule has 1 aromatic heterocycles. The first kappa shape index (κ1) is 25.2. The number of hydrogen-bond donors (Lipinski definition) is 0. The minimum atomic E-state index is 0.520. The lowest BCUT2D eigenvalue weighted by Gasteiger charge is -2.14. The van der Waals surface area contributed by atoms with E-state index in [1.165, 1.54) is 7.11 Å². The fourth-order valence-corrected chi connectivity index (χ4v) is 3.14. The number of ether oxygens (including phenoxy) is 3. The Morgan fingerprint density at radius 1 is 0.938 bits per heavy atom. The summed E-state index contributed by atoms with van der Waals surface area (Å²) in [6.45, 7) is 9.82. The van der Waals surface area contributed by atoms with E-state index in [1.807, 2.05) is 44.2 Å². The van der Waals surface area contributed by atoms with Crippen LogP contribution in [0.25, 0.3) is 0 Å². The maximum absolute atomic E-state index is 6.03. The summed E-state index contributed by atoms with van der Waals surface area (Å²) in [7, 11) is 1.50. The van der Waals surface area contributed by atoms with Crippen LogP contribution in [-0.2, 0) is 4.84 Å². The Bertz CT molecular complexity index is 856. The molecule has 0 amide bonds. The lowest BCUT2D eigenvalue weighted by Crippen LogP contribution is -2.05. The van der Waals surface area contributed by atoms with Crippen LogP contribution in [0.1, 0.15) is 56.4 Å². The van der Waals surface area contributed by atoms with Crippen molar-refractivity contribution < 1.29 is 19.0 Å². The van der Waals surface area contributed by atoms with Crippen LogP contribution in [0.5, 0.6) is 17.4 Å². The SMILES string of the molecule is C/C=C/COc1cc(C)c(OCCCCCCOc2ccc(C(C)=NOC)nn2)c(C)c1. The predicted octanol–water partition coefficient (Wildman–Crippen LogP) is 5.44. The third-order valence-electron chi connectivity index (χ3n) is 4.79. The molecule has 0 bridgehead atoms. The normalized spacial score (nSPS) is 11.6. The topological polar surface area (TPSA) is 75.1 Å². The Labute approximate surface area is 191 Å². The van der Waals surface area contributed by atoms with Crippen LogP contribution in [0, 0.1) is 13.8 Å². The first-order valence-electron chi connectivity index (χ1n) is 11.1. The van der Waals surface area contributed by atoms with Gasteiger partial charge in [0.05, 0.1) is 13.2 Å². The first-order chi connectivity index (χ1) is 15.5. The van der Waals surface area contributed by atoms with Crippen molar-refractivity contribution in [2.45, 2.75) is 53.4 Å². The van der Waals surface area contributed by atoms with Crippen molar-refractivity contribution in [3.8, 4) is 17.4 Å². The third kappa shape index (κ3) is 8.57. The molecule has 174 valence electrons. The lowest BCUT2D eigenvalue weighted by atomic mass is 10.1. The van der Waals surface area contributed by atoms with Crippen molar-refractivity contribution in [1.29, 1.82) is 0 Å². The first-order valence-corrected chi connectivity index (χ1v) is 11.1.